The van der Waals surface area contributed by atoms with Gasteiger partial charge in [-0.2, -0.15) is 13.2 Å². The SMILES string of the molecule is Cc1ncc(C(C)(C)C(=N)CC(=O)NC(=O)C(C)(C)NCCCC(F)(F)F)s1. The molecule has 0 unspecified atom stereocenters. The van der Waals surface area contributed by atoms with Gasteiger partial charge in [0, 0.05) is 28.6 Å². The van der Waals surface area contributed by atoms with E-state index in [0.29, 0.717) is 0 Å². The van der Waals surface area contributed by atoms with Crippen LogP contribution in [0.25, 0.3) is 0 Å². The number of halogens is 3. The minimum absolute atomic E-state index is 0.0122. The molecule has 0 aliphatic rings. The van der Waals surface area contributed by atoms with Gasteiger partial charge in [-0.15, -0.1) is 11.3 Å². The second-order valence-corrected chi connectivity index (χ2v) is 8.91. The summed E-state index contributed by atoms with van der Waals surface area (Å²) in [4.78, 5) is 29.5. The van der Waals surface area contributed by atoms with E-state index in [1.54, 1.807) is 6.20 Å². The van der Waals surface area contributed by atoms with E-state index >= 15 is 0 Å². The minimum atomic E-state index is -4.24. The zero-order chi connectivity index (χ0) is 21.8. The van der Waals surface area contributed by atoms with Crippen LogP contribution >= 0.6 is 11.3 Å². The van der Waals surface area contributed by atoms with Gasteiger partial charge in [-0.05, 0) is 47.6 Å². The van der Waals surface area contributed by atoms with Crippen LogP contribution < -0.4 is 10.6 Å². The lowest BCUT2D eigenvalue weighted by Gasteiger charge is -2.26. The molecule has 1 aromatic heterocycles. The van der Waals surface area contributed by atoms with Crippen LogP contribution in [-0.4, -0.2) is 40.8 Å². The van der Waals surface area contributed by atoms with Gasteiger partial charge in [-0.3, -0.25) is 14.9 Å². The Kier molecular flexibility index (Phi) is 7.90. The van der Waals surface area contributed by atoms with E-state index in [2.05, 4.69) is 15.6 Å². The van der Waals surface area contributed by atoms with E-state index in [1.165, 1.54) is 25.2 Å². The van der Waals surface area contributed by atoms with Gasteiger partial charge in [0.1, 0.15) is 0 Å². The first-order chi connectivity index (χ1) is 12.6. The quantitative estimate of drug-likeness (QED) is 0.421. The molecule has 0 bridgehead atoms. The molecule has 0 aromatic carbocycles. The molecule has 10 heteroatoms. The molecule has 1 rings (SSSR count). The molecule has 0 fully saturated rings. The summed E-state index contributed by atoms with van der Waals surface area (Å²) in [5.74, 6) is -1.28. The summed E-state index contributed by atoms with van der Waals surface area (Å²) >= 11 is 1.44. The molecule has 0 saturated carbocycles. The van der Waals surface area contributed by atoms with Crippen LogP contribution in [0.5, 0.6) is 0 Å². The van der Waals surface area contributed by atoms with E-state index in [-0.39, 0.29) is 25.1 Å². The normalized spacial score (nSPS) is 12.7. The smallest absolute Gasteiger partial charge is 0.308 e. The molecule has 2 amide bonds. The van der Waals surface area contributed by atoms with Crippen molar-refractivity contribution < 1.29 is 22.8 Å². The molecule has 0 radical (unpaired) electrons. The van der Waals surface area contributed by atoms with Crippen molar-refractivity contribution in [2.24, 2.45) is 0 Å². The molecule has 1 aromatic rings. The molecule has 0 aliphatic carbocycles. The summed E-state index contributed by atoms with van der Waals surface area (Å²) in [7, 11) is 0. The van der Waals surface area contributed by atoms with Crippen LogP contribution in [0, 0.1) is 12.3 Å². The highest BCUT2D eigenvalue weighted by molar-refractivity contribution is 7.11. The van der Waals surface area contributed by atoms with Gasteiger partial charge in [0.2, 0.25) is 11.8 Å². The first-order valence-corrected chi connectivity index (χ1v) is 9.63. The molecule has 3 N–H and O–H groups in total. The topological polar surface area (TPSA) is 94.9 Å². The number of aryl methyl sites for hydroxylation is 1. The Morgan fingerprint density at radius 2 is 1.82 bits per heavy atom. The molecular formula is C18H27F3N4O2S. The Bertz CT molecular complexity index is 727. The average Bonchev–Trinajstić information content (AvgIpc) is 2.97. The van der Waals surface area contributed by atoms with Gasteiger partial charge < -0.3 is 10.7 Å². The molecule has 0 aliphatic heterocycles. The van der Waals surface area contributed by atoms with Crippen molar-refractivity contribution in [1.82, 2.24) is 15.6 Å². The Morgan fingerprint density at radius 1 is 1.21 bits per heavy atom. The third-order valence-corrected chi connectivity index (χ3v) is 5.59. The second-order valence-electron chi connectivity index (χ2n) is 7.67. The van der Waals surface area contributed by atoms with E-state index in [9.17, 15) is 22.8 Å². The van der Waals surface area contributed by atoms with Crippen LogP contribution in [0.15, 0.2) is 6.20 Å². The monoisotopic (exact) mass is 420 g/mol. The maximum atomic E-state index is 12.3. The second kappa shape index (κ2) is 9.13. The number of hydrogen-bond donors (Lipinski definition) is 3. The molecule has 6 nitrogen and oxygen atoms in total. The van der Waals surface area contributed by atoms with Gasteiger partial charge in [-0.25, -0.2) is 4.98 Å². The number of hydrogen-bond acceptors (Lipinski definition) is 6. The van der Waals surface area contributed by atoms with E-state index < -0.39 is 35.4 Å². The first-order valence-electron chi connectivity index (χ1n) is 8.82. The number of carbonyl (C=O) groups is 2. The van der Waals surface area contributed by atoms with E-state index in [0.717, 1.165) is 9.88 Å². The largest absolute Gasteiger partial charge is 0.389 e. The fourth-order valence-electron chi connectivity index (χ4n) is 2.28. The summed E-state index contributed by atoms with van der Waals surface area (Å²) < 4.78 is 36.5. The highest BCUT2D eigenvalue weighted by Crippen LogP contribution is 2.30. The highest BCUT2D eigenvalue weighted by Gasteiger charge is 2.33. The third-order valence-electron chi connectivity index (χ3n) is 4.35. The molecule has 0 saturated heterocycles. The van der Waals surface area contributed by atoms with Gasteiger partial charge in [0.15, 0.2) is 0 Å². The number of carbonyl (C=O) groups excluding carboxylic acids is 2. The molecule has 28 heavy (non-hydrogen) atoms. The van der Waals surface area contributed by atoms with Crippen molar-refractivity contribution in [2.45, 2.75) is 71.0 Å². The zero-order valence-corrected chi connectivity index (χ0v) is 17.5. The number of alkyl halides is 3. The van der Waals surface area contributed by atoms with Crippen molar-refractivity contribution in [2.75, 3.05) is 6.54 Å². The molecular weight excluding hydrogens is 393 g/mol. The predicted molar refractivity (Wildman–Crippen MR) is 103 cm³/mol. The number of aromatic nitrogens is 1. The van der Waals surface area contributed by atoms with Gasteiger partial charge in [-0.1, -0.05) is 0 Å². The van der Waals surface area contributed by atoms with Crippen molar-refractivity contribution >= 4 is 28.9 Å². The van der Waals surface area contributed by atoms with Crippen molar-refractivity contribution in [1.29, 1.82) is 5.41 Å². The van der Waals surface area contributed by atoms with Crippen LogP contribution in [0.2, 0.25) is 0 Å². The fourth-order valence-corrected chi connectivity index (χ4v) is 3.19. The number of amides is 2. The van der Waals surface area contributed by atoms with Crippen LogP contribution in [-0.2, 0) is 15.0 Å². The van der Waals surface area contributed by atoms with E-state index in [4.69, 9.17) is 5.41 Å². The standard InChI is InChI=1S/C18H27F3N4O2S/c1-11-23-10-13(28-11)16(2,3)12(22)9-14(26)25-15(27)17(4,5)24-8-6-7-18(19,20)21/h10,22,24H,6-9H2,1-5H3,(H,25,26,27). The number of imide groups is 1. The lowest BCUT2D eigenvalue weighted by Crippen LogP contribution is -2.54. The summed E-state index contributed by atoms with van der Waals surface area (Å²) in [6, 6.07) is 0. The van der Waals surface area contributed by atoms with Gasteiger partial charge in [0.05, 0.1) is 17.0 Å². The number of rotatable bonds is 9. The van der Waals surface area contributed by atoms with Crippen molar-refractivity contribution in [3.63, 3.8) is 0 Å². The zero-order valence-electron chi connectivity index (χ0n) is 16.7. The molecule has 158 valence electrons. The lowest BCUT2D eigenvalue weighted by atomic mass is 9.84. The minimum Gasteiger partial charge on any atom is -0.308 e. The average molecular weight is 421 g/mol. The summed E-state index contributed by atoms with van der Waals surface area (Å²) in [5, 5.41) is 14.0. The fraction of sp³-hybridized carbons (Fsp3) is 0.667. The van der Waals surface area contributed by atoms with E-state index in [1.807, 2.05) is 20.8 Å². The molecule has 0 atom stereocenters. The number of nitrogens with one attached hydrogen (secondary N) is 3. The Hall–Kier alpha value is -1.81. The predicted octanol–water partition coefficient (Wildman–Crippen LogP) is 3.49. The first kappa shape index (κ1) is 24.2. The van der Waals surface area contributed by atoms with Crippen LogP contribution in [0.3, 0.4) is 0 Å². The van der Waals surface area contributed by atoms with Crippen molar-refractivity contribution in [3.05, 3.63) is 16.1 Å². The Balaban J connectivity index is 2.56. The highest BCUT2D eigenvalue weighted by atomic mass is 32.1. The Labute approximate surface area is 166 Å². The maximum Gasteiger partial charge on any atom is 0.389 e. The number of thiazole rings is 1. The van der Waals surface area contributed by atoms with Gasteiger partial charge >= 0.3 is 6.18 Å². The lowest BCUT2D eigenvalue weighted by molar-refractivity contribution is -0.135. The summed E-state index contributed by atoms with van der Waals surface area (Å²) in [6.07, 6.45) is -3.94. The molecule has 0 spiro atoms. The summed E-state index contributed by atoms with van der Waals surface area (Å²) in [6.45, 7) is 8.43. The van der Waals surface area contributed by atoms with Crippen molar-refractivity contribution in [3.8, 4) is 0 Å². The third kappa shape index (κ3) is 7.31. The summed E-state index contributed by atoms with van der Waals surface area (Å²) in [5.41, 5.74) is -1.77. The number of nitrogens with zero attached hydrogens (tertiary/aromatic N) is 1. The van der Waals surface area contributed by atoms with Gasteiger partial charge in [0.25, 0.3) is 0 Å². The van der Waals surface area contributed by atoms with Crippen LogP contribution in [0.4, 0.5) is 13.2 Å². The Morgan fingerprint density at radius 3 is 2.32 bits per heavy atom. The molecule has 1 heterocycles. The van der Waals surface area contributed by atoms with Crippen LogP contribution in [0.1, 0.15) is 56.8 Å². The maximum absolute atomic E-state index is 12.3.